The van der Waals surface area contributed by atoms with E-state index in [9.17, 15) is 43.2 Å². The molecule has 0 aromatic carbocycles. The molecule has 0 amide bonds. The molecule has 3 unspecified atom stereocenters. The molecule has 0 heterocycles. The zero-order valence-corrected chi connectivity index (χ0v) is 57.6. The molecule has 0 saturated heterocycles. The Bertz CT molecular complexity index is 1700. The molecule has 0 bridgehead atoms. The first-order valence-electron chi connectivity index (χ1n) is 34.9. The van der Waals surface area contributed by atoms with Gasteiger partial charge in [0.15, 0.2) is 12.2 Å². The van der Waals surface area contributed by atoms with Crippen LogP contribution in [0.1, 0.15) is 331 Å². The molecule has 6 atom stereocenters. The molecule has 0 aromatic rings. The Labute approximate surface area is 524 Å². The van der Waals surface area contributed by atoms with Gasteiger partial charge in [0.05, 0.1) is 26.4 Å². The third-order valence-corrected chi connectivity index (χ3v) is 17.6. The van der Waals surface area contributed by atoms with E-state index in [1.54, 1.807) is 0 Å². The predicted molar refractivity (Wildman–Crippen MR) is 344 cm³/mol. The van der Waals surface area contributed by atoms with Gasteiger partial charge in [0, 0.05) is 25.7 Å². The maximum absolute atomic E-state index is 13.0. The second-order valence-electron chi connectivity index (χ2n) is 25.4. The quantitative estimate of drug-likeness (QED) is 0.0222. The van der Waals surface area contributed by atoms with Crippen molar-refractivity contribution in [3.05, 3.63) is 0 Å². The van der Waals surface area contributed by atoms with Gasteiger partial charge in [-0.1, -0.05) is 280 Å². The van der Waals surface area contributed by atoms with Gasteiger partial charge in [0.2, 0.25) is 0 Å². The number of aliphatic hydroxyl groups is 1. The van der Waals surface area contributed by atoms with Crippen molar-refractivity contribution in [3.8, 4) is 0 Å². The number of carbonyl (C=O) groups is 4. The highest BCUT2D eigenvalue weighted by atomic mass is 31.2. The lowest BCUT2D eigenvalue weighted by atomic mass is 10.00. The number of phosphoric ester groups is 2. The molecule has 3 N–H and O–H groups in total. The van der Waals surface area contributed by atoms with Crippen molar-refractivity contribution in [1.82, 2.24) is 0 Å². The lowest BCUT2D eigenvalue weighted by Gasteiger charge is -2.21. The number of esters is 4. The van der Waals surface area contributed by atoms with Crippen LogP contribution in [0.2, 0.25) is 0 Å². The second kappa shape index (κ2) is 58.2. The highest BCUT2D eigenvalue weighted by Crippen LogP contribution is 2.45. The number of rotatable bonds is 65. The predicted octanol–water partition coefficient (Wildman–Crippen LogP) is 18.7. The van der Waals surface area contributed by atoms with Crippen molar-refractivity contribution in [2.24, 2.45) is 17.8 Å². The van der Waals surface area contributed by atoms with Gasteiger partial charge in [-0.3, -0.25) is 37.3 Å². The van der Waals surface area contributed by atoms with Gasteiger partial charge >= 0.3 is 39.5 Å². The third-order valence-electron chi connectivity index (χ3n) is 15.7. The standard InChI is InChI=1S/C67H130O17P2/c1-8-10-11-31-41-48-64(69)77-54-62(84-67(72)51-44-37-30-29-34-40-47-60(7)9-2)56-81-85(73,74)79-52-61(68)53-80-86(75,76)82-57-63(55-78-65(70)49-42-35-27-24-20-22-26-33-39-46-59(5)6)83-66(71)50-43-36-28-23-19-17-15-13-12-14-16-18-21-25-32-38-45-58(3)4/h58-63,68H,8-57H2,1-7H3,(H,73,74)(H,75,76)/t60?,61-,62+,63+/m0/s1. The van der Waals surface area contributed by atoms with E-state index in [0.717, 1.165) is 114 Å². The molecular formula is C67H130O17P2. The minimum atomic E-state index is -4.95. The summed E-state index contributed by atoms with van der Waals surface area (Å²) in [6, 6.07) is 0. The number of unbranched alkanes of at least 4 members (excludes halogenated alkanes) is 32. The van der Waals surface area contributed by atoms with Crippen molar-refractivity contribution in [2.45, 2.75) is 349 Å². The van der Waals surface area contributed by atoms with E-state index < -0.39 is 97.5 Å². The molecule has 510 valence electrons. The summed E-state index contributed by atoms with van der Waals surface area (Å²) < 4.78 is 67.9. The van der Waals surface area contributed by atoms with Crippen LogP contribution in [0.15, 0.2) is 0 Å². The number of hydrogen-bond acceptors (Lipinski definition) is 15. The van der Waals surface area contributed by atoms with Gasteiger partial charge in [-0.2, -0.15) is 0 Å². The van der Waals surface area contributed by atoms with E-state index in [1.165, 1.54) is 135 Å². The summed E-state index contributed by atoms with van der Waals surface area (Å²) in [6.45, 7) is 11.7. The fraction of sp³-hybridized carbons (Fsp3) is 0.940. The summed E-state index contributed by atoms with van der Waals surface area (Å²) >= 11 is 0. The first kappa shape index (κ1) is 84.1. The van der Waals surface area contributed by atoms with Crippen LogP contribution in [0.4, 0.5) is 0 Å². The van der Waals surface area contributed by atoms with Crippen molar-refractivity contribution >= 4 is 39.5 Å². The molecule has 0 aromatic heterocycles. The van der Waals surface area contributed by atoms with Crippen molar-refractivity contribution in [3.63, 3.8) is 0 Å². The smallest absolute Gasteiger partial charge is 0.462 e. The van der Waals surface area contributed by atoms with Gasteiger partial charge in [-0.25, -0.2) is 9.13 Å². The largest absolute Gasteiger partial charge is 0.472 e. The second-order valence-corrected chi connectivity index (χ2v) is 28.3. The molecule has 17 nitrogen and oxygen atoms in total. The van der Waals surface area contributed by atoms with Crippen LogP contribution >= 0.6 is 15.6 Å². The van der Waals surface area contributed by atoms with Gasteiger partial charge in [-0.05, 0) is 43.4 Å². The Balaban J connectivity index is 5.14. The normalized spacial score (nSPS) is 14.6. The van der Waals surface area contributed by atoms with Crippen LogP contribution in [0.3, 0.4) is 0 Å². The van der Waals surface area contributed by atoms with E-state index >= 15 is 0 Å². The SMILES string of the molecule is CCCCCCCC(=O)OC[C@H](COP(=O)(O)OC[C@H](O)COP(=O)(O)OC[C@@H](COC(=O)CCCCCCCCCCCC(C)C)OC(=O)CCCCCCCCCCCCCCCCCCC(C)C)OC(=O)CCCCCCCCC(C)CC. The van der Waals surface area contributed by atoms with Gasteiger partial charge < -0.3 is 33.8 Å². The van der Waals surface area contributed by atoms with E-state index in [-0.39, 0.29) is 25.7 Å². The maximum Gasteiger partial charge on any atom is 0.472 e. The van der Waals surface area contributed by atoms with E-state index in [1.807, 2.05) is 0 Å². The topological polar surface area (TPSA) is 237 Å². The highest BCUT2D eigenvalue weighted by Gasteiger charge is 2.30. The van der Waals surface area contributed by atoms with E-state index in [0.29, 0.717) is 25.7 Å². The zero-order chi connectivity index (χ0) is 63.8. The molecule has 86 heavy (non-hydrogen) atoms. The fourth-order valence-electron chi connectivity index (χ4n) is 9.98. The number of ether oxygens (including phenoxy) is 4. The lowest BCUT2D eigenvalue weighted by molar-refractivity contribution is -0.161. The summed E-state index contributed by atoms with van der Waals surface area (Å²) in [6.07, 6.45) is 40.8. The monoisotopic (exact) mass is 1270 g/mol. The summed E-state index contributed by atoms with van der Waals surface area (Å²) in [5.41, 5.74) is 0. The van der Waals surface area contributed by atoms with Crippen LogP contribution in [0, 0.1) is 17.8 Å². The maximum atomic E-state index is 13.0. The Morgan fingerprint density at radius 1 is 0.337 bits per heavy atom. The molecular weight excluding hydrogens is 1140 g/mol. The first-order valence-corrected chi connectivity index (χ1v) is 37.9. The van der Waals surface area contributed by atoms with Crippen LogP contribution in [0.25, 0.3) is 0 Å². The number of hydrogen-bond donors (Lipinski definition) is 3. The Morgan fingerprint density at radius 3 is 0.884 bits per heavy atom. The van der Waals surface area contributed by atoms with Crippen molar-refractivity contribution in [1.29, 1.82) is 0 Å². The molecule has 19 heteroatoms. The van der Waals surface area contributed by atoms with Gasteiger partial charge in [-0.15, -0.1) is 0 Å². The summed E-state index contributed by atoms with van der Waals surface area (Å²) in [5, 5.41) is 10.5. The molecule has 0 radical (unpaired) electrons. The van der Waals surface area contributed by atoms with Crippen molar-refractivity contribution < 1.29 is 80.2 Å². The van der Waals surface area contributed by atoms with Crippen LogP contribution in [-0.4, -0.2) is 96.7 Å². The van der Waals surface area contributed by atoms with Crippen LogP contribution in [-0.2, 0) is 65.4 Å². The average Bonchev–Trinajstić information content (AvgIpc) is 3.65. The van der Waals surface area contributed by atoms with Gasteiger partial charge in [0.25, 0.3) is 0 Å². The summed E-state index contributed by atoms with van der Waals surface area (Å²) in [4.78, 5) is 72.1. The average molecular weight is 1270 g/mol. The molecule has 0 saturated carbocycles. The van der Waals surface area contributed by atoms with E-state index in [4.69, 9.17) is 37.0 Å². The number of aliphatic hydroxyl groups excluding tert-OH is 1. The molecule has 0 aliphatic heterocycles. The Hall–Kier alpha value is -1.94. The minimum Gasteiger partial charge on any atom is -0.462 e. The first-order chi connectivity index (χ1) is 41.3. The Kier molecular flexibility index (Phi) is 56.9. The molecule has 0 spiro atoms. The van der Waals surface area contributed by atoms with Crippen LogP contribution in [0.5, 0.6) is 0 Å². The van der Waals surface area contributed by atoms with Crippen molar-refractivity contribution in [2.75, 3.05) is 39.6 Å². The highest BCUT2D eigenvalue weighted by molar-refractivity contribution is 7.47. The molecule has 0 fully saturated rings. The number of carbonyl (C=O) groups excluding carboxylic acids is 4. The summed E-state index contributed by atoms with van der Waals surface area (Å²) in [7, 11) is -9.88. The number of phosphoric acid groups is 2. The third kappa shape index (κ3) is 59.7. The summed E-state index contributed by atoms with van der Waals surface area (Å²) in [5.74, 6) is 0.129. The lowest BCUT2D eigenvalue weighted by Crippen LogP contribution is -2.30. The molecule has 0 rings (SSSR count). The minimum absolute atomic E-state index is 0.102. The van der Waals surface area contributed by atoms with Crippen LogP contribution < -0.4 is 0 Å². The fourth-order valence-corrected chi connectivity index (χ4v) is 11.6. The zero-order valence-electron chi connectivity index (χ0n) is 55.8. The Morgan fingerprint density at radius 2 is 0.593 bits per heavy atom. The molecule has 0 aliphatic rings. The molecule has 0 aliphatic carbocycles. The van der Waals surface area contributed by atoms with Gasteiger partial charge in [0.1, 0.15) is 19.3 Å². The van der Waals surface area contributed by atoms with E-state index in [2.05, 4.69) is 48.5 Å².